The van der Waals surface area contributed by atoms with E-state index < -0.39 is 0 Å². The normalized spacial score (nSPS) is 12.0. The fourth-order valence-corrected chi connectivity index (χ4v) is 2.94. The number of hydrogen-bond acceptors (Lipinski definition) is 0. The first kappa shape index (κ1) is 19.6. The van der Waals surface area contributed by atoms with Crippen molar-refractivity contribution in [3.8, 4) is 0 Å². The van der Waals surface area contributed by atoms with Crippen LogP contribution in [0.4, 0.5) is 0 Å². The molecule has 0 aliphatic carbocycles. The zero-order chi connectivity index (χ0) is 20.0. The van der Waals surface area contributed by atoms with Crippen LogP contribution in [0.1, 0.15) is 54.2 Å². The van der Waals surface area contributed by atoms with Crippen LogP contribution in [0.25, 0.3) is 30.4 Å². The molecule has 0 aliphatic heterocycles. The molecule has 0 heterocycles. The van der Waals surface area contributed by atoms with Crippen molar-refractivity contribution in [1.29, 1.82) is 0 Å². The topological polar surface area (TPSA) is 0 Å². The zero-order valence-electron chi connectivity index (χ0n) is 17.0. The summed E-state index contributed by atoms with van der Waals surface area (Å²) in [6.45, 7) is 10.5. The molecule has 3 aromatic carbocycles. The second kappa shape index (κ2) is 8.71. The van der Waals surface area contributed by atoms with Crippen LogP contribution < -0.4 is 0 Å². The van der Waals surface area contributed by atoms with Crippen LogP contribution in [-0.2, 0) is 5.41 Å². The molecule has 28 heavy (non-hydrogen) atoms. The van der Waals surface area contributed by atoms with Gasteiger partial charge in [0.2, 0.25) is 0 Å². The predicted molar refractivity (Wildman–Crippen MR) is 126 cm³/mol. The van der Waals surface area contributed by atoms with Gasteiger partial charge in [-0.1, -0.05) is 131 Å². The van der Waals surface area contributed by atoms with Gasteiger partial charge in [-0.15, -0.1) is 0 Å². The Morgan fingerprint density at radius 2 is 0.786 bits per heavy atom. The quantitative estimate of drug-likeness (QED) is 0.403. The highest BCUT2D eigenvalue weighted by Gasteiger charge is 2.12. The van der Waals surface area contributed by atoms with Crippen molar-refractivity contribution in [3.63, 3.8) is 0 Å². The molecular formula is C28H28. The monoisotopic (exact) mass is 364 g/mol. The SMILES string of the molecule is C=Cc1ccc(/C=C/c2ccc(/C=C/c3ccc(C(C)(C)C)cc3)cc2)cc1. The Morgan fingerprint density at radius 1 is 0.500 bits per heavy atom. The average molecular weight is 365 g/mol. The Bertz CT molecular complexity index is 958. The summed E-state index contributed by atoms with van der Waals surface area (Å²) in [6, 6.07) is 25.8. The van der Waals surface area contributed by atoms with Crippen molar-refractivity contribution in [2.24, 2.45) is 0 Å². The van der Waals surface area contributed by atoms with E-state index in [1.807, 2.05) is 6.08 Å². The van der Waals surface area contributed by atoms with Gasteiger partial charge in [0.1, 0.15) is 0 Å². The highest BCUT2D eigenvalue weighted by atomic mass is 14.2. The molecule has 0 saturated heterocycles. The Kier molecular flexibility index (Phi) is 6.11. The third-order valence-corrected chi connectivity index (χ3v) is 4.82. The lowest BCUT2D eigenvalue weighted by Crippen LogP contribution is -2.10. The third kappa shape index (κ3) is 5.44. The molecule has 3 rings (SSSR count). The number of hydrogen-bond donors (Lipinski definition) is 0. The number of rotatable bonds is 5. The maximum Gasteiger partial charge on any atom is -0.0132 e. The lowest BCUT2D eigenvalue weighted by atomic mass is 9.87. The van der Waals surface area contributed by atoms with Crippen LogP contribution in [0, 0.1) is 0 Å². The molecule has 0 aromatic heterocycles. The van der Waals surface area contributed by atoms with E-state index in [1.165, 1.54) is 27.8 Å². The van der Waals surface area contributed by atoms with Gasteiger partial charge >= 0.3 is 0 Å². The van der Waals surface area contributed by atoms with E-state index in [1.54, 1.807) is 0 Å². The van der Waals surface area contributed by atoms with E-state index in [2.05, 4.69) is 124 Å². The molecule has 0 saturated carbocycles. The van der Waals surface area contributed by atoms with Crippen LogP contribution in [0.2, 0.25) is 0 Å². The summed E-state index contributed by atoms with van der Waals surface area (Å²) >= 11 is 0. The van der Waals surface area contributed by atoms with Crippen LogP contribution in [-0.4, -0.2) is 0 Å². The number of benzene rings is 3. The fourth-order valence-electron chi connectivity index (χ4n) is 2.94. The maximum absolute atomic E-state index is 3.79. The third-order valence-electron chi connectivity index (χ3n) is 4.82. The Labute approximate surface area is 169 Å². The van der Waals surface area contributed by atoms with Gasteiger partial charge in [-0.3, -0.25) is 0 Å². The van der Waals surface area contributed by atoms with Crippen LogP contribution in [0.3, 0.4) is 0 Å². The zero-order valence-corrected chi connectivity index (χ0v) is 17.0. The molecule has 3 aromatic rings. The molecule has 0 amide bonds. The first-order chi connectivity index (χ1) is 13.4. The predicted octanol–water partition coefficient (Wildman–Crippen LogP) is 7.97. The average Bonchev–Trinajstić information content (AvgIpc) is 2.71. The minimum Gasteiger partial charge on any atom is -0.0985 e. The lowest BCUT2D eigenvalue weighted by molar-refractivity contribution is 0.590. The summed E-state index contributed by atoms with van der Waals surface area (Å²) < 4.78 is 0. The molecule has 0 bridgehead atoms. The Balaban J connectivity index is 1.64. The Hall–Kier alpha value is -3.12. The van der Waals surface area contributed by atoms with Gasteiger partial charge in [0.25, 0.3) is 0 Å². The molecule has 0 N–H and O–H groups in total. The maximum atomic E-state index is 3.79. The summed E-state index contributed by atoms with van der Waals surface area (Å²) in [5.41, 5.74) is 7.50. The van der Waals surface area contributed by atoms with E-state index in [-0.39, 0.29) is 5.41 Å². The summed E-state index contributed by atoms with van der Waals surface area (Å²) in [5.74, 6) is 0. The molecule has 0 fully saturated rings. The molecule has 0 radical (unpaired) electrons. The van der Waals surface area contributed by atoms with Gasteiger partial charge in [0.15, 0.2) is 0 Å². The van der Waals surface area contributed by atoms with E-state index in [4.69, 9.17) is 0 Å². The molecule has 0 atom stereocenters. The van der Waals surface area contributed by atoms with Gasteiger partial charge in [-0.2, -0.15) is 0 Å². The standard InChI is InChI=1S/C28H28/c1-5-22-6-8-23(9-7-22)10-11-24-12-14-25(15-13-24)16-17-26-18-20-27(21-19-26)28(2,3)4/h5-21H,1H2,2-4H3/b11-10+,17-16+. The molecule has 0 spiro atoms. The largest absolute Gasteiger partial charge is 0.0985 e. The van der Waals surface area contributed by atoms with Crippen molar-refractivity contribution in [2.75, 3.05) is 0 Å². The highest BCUT2D eigenvalue weighted by Crippen LogP contribution is 2.22. The van der Waals surface area contributed by atoms with Crippen molar-refractivity contribution in [1.82, 2.24) is 0 Å². The van der Waals surface area contributed by atoms with Gasteiger partial charge in [-0.25, -0.2) is 0 Å². The summed E-state index contributed by atoms with van der Waals surface area (Å²) in [6.07, 6.45) is 10.5. The minimum absolute atomic E-state index is 0.194. The minimum atomic E-state index is 0.194. The molecular weight excluding hydrogens is 336 g/mol. The summed E-state index contributed by atoms with van der Waals surface area (Å²) in [4.78, 5) is 0. The first-order valence-electron chi connectivity index (χ1n) is 9.73. The van der Waals surface area contributed by atoms with E-state index >= 15 is 0 Å². The second-order valence-electron chi connectivity index (χ2n) is 8.08. The smallest absolute Gasteiger partial charge is 0.0132 e. The van der Waals surface area contributed by atoms with Crippen LogP contribution >= 0.6 is 0 Å². The second-order valence-corrected chi connectivity index (χ2v) is 8.08. The van der Waals surface area contributed by atoms with Crippen molar-refractivity contribution < 1.29 is 0 Å². The fraction of sp³-hybridized carbons (Fsp3) is 0.143. The van der Waals surface area contributed by atoms with Crippen LogP contribution in [0.5, 0.6) is 0 Å². The summed E-state index contributed by atoms with van der Waals surface area (Å²) in [5, 5.41) is 0. The van der Waals surface area contributed by atoms with E-state index in [0.717, 1.165) is 5.56 Å². The van der Waals surface area contributed by atoms with E-state index in [9.17, 15) is 0 Å². The highest BCUT2D eigenvalue weighted by molar-refractivity contribution is 5.73. The van der Waals surface area contributed by atoms with Crippen LogP contribution in [0.15, 0.2) is 79.4 Å². The van der Waals surface area contributed by atoms with Gasteiger partial charge in [-0.05, 0) is 38.8 Å². The summed E-state index contributed by atoms with van der Waals surface area (Å²) in [7, 11) is 0. The van der Waals surface area contributed by atoms with E-state index in [0.29, 0.717) is 0 Å². The van der Waals surface area contributed by atoms with Gasteiger partial charge in [0.05, 0.1) is 0 Å². The molecule has 0 heteroatoms. The first-order valence-corrected chi connectivity index (χ1v) is 9.73. The van der Waals surface area contributed by atoms with Crippen molar-refractivity contribution in [3.05, 3.63) is 113 Å². The molecule has 0 unspecified atom stereocenters. The molecule has 140 valence electrons. The van der Waals surface area contributed by atoms with Gasteiger partial charge in [0, 0.05) is 0 Å². The lowest BCUT2D eigenvalue weighted by Gasteiger charge is -2.18. The molecule has 0 aliphatic rings. The Morgan fingerprint density at radius 3 is 1.07 bits per heavy atom. The van der Waals surface area contributed by atoms with Crippen molar-refractivity contribution >= 4 is 30.4 Å². The molecule has 0 nitrogen and oxygen atoms in total. The van der Waals surface area contributed by atoms with Crippen molar-refractivity contribution in [2.45, 2.75) is 26.2 Å². The van der Waals surface area contributed by atoms with Gasteiger partial charge < -0.3 is 0 Å².